The molecule has 1 aliphatic rings. The van der Waals surface area contributed by atoms with Crippen molar-refractivity contribution in [1.29, 1.82) is 0 Å². The van der Waals surface area contributed by atoms with E-state index in [0.29, 0.717) is 23.9 Å². The summed E-state index contributed by atoms with van der Waals surface area (Å²) in [7, 11) is 1.76. The smallest absolute Gasteiger partial charge is 0.191 e. The Kier molecular flexibility index (Phi) is 6.23. The summed E-state index contributed by atoms with van der Waals surface area (Å²) >= 11 is 6.14. The van der Waals surface area contributed by atoms with Crippen molar-refractivity contribution in [3.05, 3.63) is 59.1 Å². The van der Waals surface area contributed by atoms with Crippen LogP contribution in [-0.2, 0) is 0 Å². The highest BCUT2D eigenvalue weighted by Crippen LogP contribution is 2.31. The van der Waals surface area contributed by atoms with E-state index in [1.54, 1.807) is 7.05 Å². The van der Waals surface area contributed by atoms with E-state index in [4.69, 9.17) is 21.1 Å². The number of benzene rings is 2. The summed E-state index contributed by atoms with van der Waals surface area (Å²) in [6.07, 6.45) is 0.832. The highest BCUT2D eigenvalue weighted by Gasteiger charge is 2.22. The third-order valence-electron chi connectivity index (χ3n) is 4.21. The average Bonchev–Trinajstić information content (AvgIpc) is 2.67. The molecule has 0 radical (unpaired) electrons. The summed E-state index contributed by atoms with van der Waals surface area (Å²) in [6, 6.07) is 15.7. The van der Waals surface area contributed by atoms with Crippen LogP contribution in [-0.4, -0.2) is 32.3 Å². The molecule has 5 nitrogen and oxygen atoms in total. The first-order chi connectivity index (χ1) is 12.7. The molecule has 0 spiro atoms. The van der Waals surface area contributed by atoms with Gasteiger partial charge in [0.05, 0.1) is 24.2 Å². The highest BCUT2D eigenvalue weighted by atomic mass is 35.5. The van der Waals surface area contributed by atoms with Crippen LogP contribution >= 0.6 is 11.6 Å². The number of nitrogens with one attached hydrogen (secondary N) is 2. The second-order valence-corrected chi connectivity index (χ2v) is 6.59. The molecule has 0 aromatic heterocycles. The first kappa shape index (κ1) is 18.4. The molecule has 2 atom stereocenters. The van der Waals surface area contributed by atoms with E-state index in [9.17, 15) is 0 Å². The molecule has 26 heavy (non-hydrogen) atoms. The molecule has 6 heteroatoms. The lowest BCUT2D eigenvalue weighted by atomic mass is 10.0. The van der Waals surface area contributed by atoms with Gasteiger partial charge in [-0.1, -0.05) is 41.9 Å². The summed E-state index contributed by atoms with van der Waals surface area (Å²) in [5.41, 5.74) is 1.15. The molecule has 0 amide bonds. The van der Waals surface area contributed by atoms with Crippen LogP contribution in [0.2, 0.25) is 5.02 Å². The lowest BCUT2D eigenvalue weighted by Crippen LogP contribution is -2.44. The summed E-state index contributed by atoms with van der Waals surface area (Å²) in [5, 5.41) is 7.40. The number of halogens is 1. The van der Waals surface area contributed by atoms with Gasteiger partial charge in [-0.25, -0.2) is 0 Å². The van der Waals surface area contributed by atoms with Crippen LogP contribution in [0.1, 0.15) is 24.9 Å². The molecular weight excluding hydrogens is 350 g/mol. The van der Waals surface area contributed by atoms with Crippen molar-refractivity contribution in [2.45, 2.75) is 25.5 Å². The largest absolute Gasteiger partial charge is 0.493 e. The van der Waals surface area contributed by atoms with E-state index in [1.807, 2.05) is 49.4 Å². The molecule has 0 saturated heterocycles. The minimum atomic E-state index is -0.0598. The summed E-state index contributed by atoms with van der Waals surface area (Å²) in [6.45, 7) is 3.29. The maximum atomic E-state index is 6.14. The van der Waals surface area contributed by atoms with Gasteiger partial charge in [0.25, 0.3) is 0 Å². The number of ether oxygens (including phenoxy) is 2. The Hall–Kier alpha value is -2.40. The molecule has 1 heterocycles. The predicted octanol–water partition coefficient (Wildman–Crippen LogP) is 3.80. The van der Waals surface area contributed by atoms with Gasteiger partial charge < -0.3 is 20.1 Å². The van der Waals surface area contributed by atoms with Crippen LogP contribution in [0.3, 0.4) is 0 Å². The minimum absolute atomic E-state index is 0.0598. The fraction of sp³-hybridized carbons (Fsp3) is 0.350. The summed E-state index contributed by atoms with van der Waals surface area (Å²) in [5.74, 6) is 2.35. The van der Waals surface area contributed by atoms with Gasteiger partial charge in [-0.05, 0) is 25.1 Å². The highest BCUT2D eigenvalue weighted by molar-refractivity contribution is 6.32. The number of nitrogens with zero attached hydrogens (tertiary/aromatic N) is 1. The molecule has 0 saturated carbocycles. The van der Waals surface area contributed by atoms with Crippen molar-refractivity contribution in [2.24, 2.45) is 4.99 Å². The number of para-hydroxylation sites is 2. The van der Waals surface area contributed by atoms with Gasteiger partial charge in [0, 0.05) is 19.0 Å². The van der Waals surface area contributed by atoms with E-state index in [0.717, 1.165) is 23.7 Å². The molecule has 138 valence electrons. The molecule has 2 aromatic carbocycles. The van der Waals surface area contributed by atoms with Crippen molar-refractivity contribution in [2.75, 3.05) is 20.2 Å². The maximum absolute atomic E-state index is 6.14. The number of guanidine groups is 1. The number of hydrogen-bond donors (Lipinski definition) is 2. The van der Waals surface area contributed by atoms with Crippen LogP contribution in [0.15, 0.2) is 53.5 Å². The Morgan fingerprint density at radius 1 is 1.27 bits per heavy atom. The van der Waals surface area contributed by atoms with Gasteiger partial charge in [0.15, 0.2) is 5.96 Å². The van der Waals surface area contributed by atoms with Gasteiger partial charge in [0.1, 0.15) is 17.6 Å². The topological polar surface area (TPSA) is 54.9 Å². The number of aliphatic imine (C=N–C) groups is 1. The fourth-order valence-corrected chi connectivity index (χ4v) is 3.07. The molecular formula is C20H24ClN3O2. The van der Waals surface area contributed by atoms with Crippen molar-refractivity contribution in [3.8, 4) is 11.5 Å². The van der Waals surface area contributed by atoms with E-state index >= 15 is 0 Å². The Bertz CT molecular complexity index is 766. The second kappa shape index (κ2) is 8.81. The molecule has 1 aliphatic heterocycles. The number of fused-ring (bicyclic) bond motifs is 1. The average molecular weight is 374 g/mol. The second-order valence-electron chi connectivity index (χ2n) is 6.18. The Balaban J connectivity index is 1.55. The van der Waals surface area contributed by atoms with E-state index < -0.39 is 0 Å². The molecule has 0 aliphatic carbocycles. The van der Waals surface area contributed by atoms with E-state index in [1.165, 1.54) is 0 Å². The third-order valence-corrected chi connectivity index (χ3v) is 4.53. The lowest BCUT2D eigenvalue weighted by Gasteiger charge is -2.28. The zero-order valence-corrected chi connectivity index (χ0v) is 15.8. The predicted molar refractivity (Wildman–Crippen MR) is 105 cm³/mol. The van der Waals surface area contributed by atoms with Gasteiger partial charge in [-0.15, -0.1) is 0 Å². The molecule has 2 unspecified atom stereocenters. The normalized spacial score (nSPS) is 17.7. The molecule has 2 N–H and O–H groups in total. The molecule has 2 aromatic rings. The number of rotatable bonds is 5. The van der Waals surface area contributed by atoms with Crippen LogP contribution < -0.4 is 20.1 Å². The van der Waals surface area contributed by atoms with Gasteiger partial charge in [0.2, 0.25) is 0 Å². The van der Waals surface area contributed by atoms with Crippen molar-refractivity contribution < 1.29 is 9.47 Å². The Morgan fingerprint density at radius 2 is 2.04 bits per heavy atom. The molecule has 0 fully saturated rings. The van der Waals surface area contributed by atoms with Gasteiger partial charge >= 0.3 is 0 Å². The van der Waals surface area contributed by atoms with Crippen molar-refractivity contribution in [3.63, 3.8) is 0 Å². The molecule has 3 rings (SSSR count). The summed E-state index contributed by atoms with van der Waals surface area (Å²) in [4.78, 5) is 4.32. The van der Waals surface area contributed by atoms with Gasteiger partial charge in [-0.3, -0.25) is 4.99 Å². The van der Waals surface area contributed by atoms with Crippen LogP contribution in [0.25, 0.3) is 0 Å². The number of hydrogen-bond acceptors (Lipinski definition) is 3. The molecule has 0 bridgehead atoms. The monoisotopic (exact) mass is 373 g/mol. The zero-order valence-electron chi connectivity index (χ0n) is 15.0. The van der Waals surface area contributed by atoms with Crippen molar-refractivity contribution in [1.82, 2.24) is 10.6 Å². The zero-order chi connectivity index (χ0) is 18.4. The first-order valence-corrected chi connectivity index (χ1v) is 9.15. The first-order valence-electron chi connectivity index (χ1n) is 8.77. The third kappa shape index (κ3) is 4.61. The quantitative estimate of drug-likeness (QED) is 0.618. The van der Waals surface area contributed by atoms with Crippen LogP contribution in [0, 0.1) is 0 Å². The summed E-state index contributed by atoms with van der Waals surface area (Å²) < 4.78 is 11.6. The van der Waals surface area contributed by atoms with E-state index in [2.05, 4.69) is 21.7 Å². The van der Waals surface area contributed by atoms with Crippen LogP contribution in [0.5, 0.6) is 11.5 Å². The van der Waals surface area contributed by atoms with Crippen molar-refractivity contribution >= 4 is 17.6 Å². The standard InChI is InChI=1S/C20H24ClN3O2/c1-14(26-19-10-6-4-8-16(19)21)13-23-20(22-2)24-17-11-12-25-18-9-5-3-7-15(17)18/h3-10,14,17H,11-13H2,1-2H3,(H2,22,23,24). The maximum Gasteiger partial charge on any atom is 0.191 e. The van der Waals surface area contributed by atoms with E-state index in [-0.39, 0.29) is 12.1 Å². The Labute approximate surface area is 159 Å². The van der Waals surface area contributed by atoms with Gasteiger partial charge in [-0.2, -0.15) is 0 Å². The fourth-order valence-electron chi connectivity index (χ4n) is 2.89. The Morgan fingerprint density at radius 3 is 2.85 bits per heavy atom. The SMILES string of the molecule is CN=C(NCC(C)Oc1ccccc1Cl)NC1CCOc2ccccc21. The minimum Gasteiger partial charge on any atom is -0.493 e. The lowest BCUT2D eigenvalue weighted by molar-refractivity contribution is 0.223. The van der Waals surface area contributed by atoms with Crippen LogP contribution in [0.4, 0.5) is 0 Å².